The van der Waals surface area contributed by atoms with Gasteiger partial charge < -0.3 is 10.2 Å². The van der Waals surface area contributed by atoms with Crippen LogP contribution in [0.15, 0.2) is 47.4 Å². The molecule has 1 aliphatic heterocycles. The Bertz CT molecular complexity index is 1020. The zero-order valence-electron chi connectivity index (χ0n) is 14.7. The zero-order chi connectivity index (χ0) is 19.9. The summed E-state index contributed by atoms with van der Waals surface area (Å²) < 4.78 is 23.2. The highest BCUT2D eigenvalue weighted by atomic mass is 32.2. The quantitative estimate of drug-likeness (QED) is 0.814. The van der Waals surface area contributed by atoms with E-state index in [-0.39, 0.29) is 17.1 Å². The van der Waals surface area contributed by atoms with Crippen molar-refractivity contribution in [2.24, 2.45) is 0 Å². The minimum absolute atomic E-state index is 0.0190. The number of carboxylic acid groups (broad SMARTS) is 2. The normalized spacial score (nSPS) is 16.7. The molecule has 0 aliphatic carbocycles. The average Bonchev–Trinajstić information content (AvgIpc) is 2.59. The van der Waals surface area contributed by atoms with Crippen molar-refractivity contribution in [1.82, 2.24) is 0 Å². The predicted octanol–water partition coefficient (Wildman–Crippen LogP) is 3.13. The van der Waals surface area contributed by atoms with E-state index >= 15 is 0 Å². The number of nitrogens with zero attached hydrogens (tertiary/aromatic N) is 2. The van der Waals surface area contributed by atoms with Crippen LogP contribution in [0, 0.1) is 0 Å². The molecule has 2 amide bonds. The Kier molecular flexibility index (Phi) is 4.56. The van der Waals surface area contributed by atoms with Gasteiger partial charge in [-0.05, 0) is 42.3 Å². The Morgan fingerprint density at radius 3 is 2.07 bits per heavy atom. The van der Waals surface area contributed by atoms with Gasteiger partial charge in [-0.25, -0.2) is 18.0 Å². The third-order valence-corrected chi connectivity index (χ3v) is 5.59. The van der Waals surface area contributed by atoms with Gasteiger partial charge in [0.15, 0.2) is 9.84 Å². The molecule has 9 heteroatoms. The van der Waals surface area contributed by atoms with Crippen molar-refractivity contribution in [3.05, 3.63) is 42.5 Å². The molecule has 2 N–H and O–H groups in total. The molecule has 0 aromatic heterocycles. The lowest BCUT2D eigenvalue weighted by Crippen LogP contribution is -2.51. The number of hydrogen-bond acceptors (Lipinski definition) is 4. The summed E-state index contributed by atoms with van der Waals surface area (Å²) in [6.07, 6.45) is -1.20. The van der Waals surface area contributed by atoms with E-state index in [0.29, 0.717) is 16.8 Å². The lowest BCUT2D eigenvalue weighted by atomic mass is 10.0. The minimum Gasteiger partial charge on any atom is -0.465 e. The largest absolute Gasteiger partial charge is 0.465 e. The Hall–Kier alpha value is -3.07. The summed E-state index contributed by atoms with van der Waals surface area (Å²) in [6, 6.07) is 10.5. The second-order valence-corrected chi connectivity index (χ2v) is 8.41. The average molecular weight is 390 g/mol. The SMILES string of the molecule is C[C@H]1CN(C(=O)O)c2cc(-c3ccc(S(C)(=O)=O)cc3)ccc2N1C(=O)O. The van der Waals surface area contributed by atoms with Gasteiger partial charge in [-0.15, -0.1) is 0 Å². The number of carbonyl (C=O) groups is 2. The van der Waals surface area contributed by atoms with Crippen LogP contribution < -0.4 is 9.80 Å². The molecule has 0 spiro atoms. The van der Waals surface area contributed by atoms with Crippen molar-refractivity contribution >= 4 is 33.4 Å². The first-order valence-corrected chi connectivity index (χ1v) is 9.96. The van der Waals surface area contributed by atoms with Gasteiger partial charge in [-0.2, -0.15) is 0 Å². The molecule has 8 nitrogen and oxygen atoms in total. The molecule has 142 valence electrons. The van der Waals surface area contributed by atoms with Gasteiger partial charge in [-0.3, -0.25) is 9.80 Å². The Labute approximate surface area is 156 Å². The lowest BCUT2D eigenvalue weighted by molar-refractivity contribution is 0.194. The van der Waals surface area contributed by atoms with E-state index in [0.717, 1.165) is 16.1 Å². The fourth-order valence-corrected chi connectivity index (χ4v) is 3.80. The number of hydrogen-bond donors (Lipinski definition) is 2. The van der Waals surface area contributed by atoms with Crippen LogP contribution in [0.3, 0.4) is 0 Å². The molecule has 0 fully saturated rings. The summed E-state index contributed by atoms with van der Waals surface area (Å²) in [5.41, 5.74) is 1.91. The Morgan fingerprint density at radius 1 is 0.963 bits per heavy atom. The van der Waals surface area contributed by atoms with Crippen LogP contribution in [0.2, 0.25) is 0 Å². The van der Waals surface area contributed by atoms with E-state index in [2.05, 4.69) is 0 Å². The maximum absolute atomic E-state index is 11.6. The van der Waals surface area contributed by atoms with Gasteiger partial charge in [0.1, 0.15) is 0 Å². The van der Waals surface area contributed by atoms with Crippen LogP contribution in [0.1, 0.15) is 6.92 Å². The van der Waals surface area contributed by atoms with Crippen molar-refractivity contribution in [3.63, 3.8) is 0 Å². The number of anilines is 2. The first-order chi connectivity index (χ1) is 12.6. The topological polar surface area (TPSA) is 115 Å². The third kappa shape index (κ3) is 3.45. The van der Waals surface area contributed by atoms with Crippen LogP contribution in [0.4, 0.5) is 21.0 Å². The van der Waals surface area contributed by atoms with Crippen LogP contribution >= 0.6 is 0 Å². The first-order valence-electron chi connectivity index (χ1n) is 8.07. The molecule has 1 aliphatic rings. The Balaban J connectivity index is 2.10. The molecule has 1 heterocycles. The van der Waals surface area contributed by atoms with Gasteiger partial charge in [0.05, 0.1) is 28.9 Å². The molecule has 1 atom stereocenters. The molecule has 3 rings (SSSR count). The van der Waals surface area contributed by atoms with Gasteiger partial charge in [0.2, 0.25) is 0 Å². The number of sulfone groups is 1. The van der Waals surface area contributed by atoms with Crippen molar-refractivity contribution < 1.29 is 28.2 Å². The second kappa shape index (κ2) is 6.58. The summed E-state index contributed by atoms with van der Waals surface area (Å²) in [4.78, 5) is 25.7. The fraction of sp³-hybridized carbons (Fsp3) is 0.222. The lowest BCUT2D eigenvalue weighted by Gasteiger charge is -2.38. The van der Waals surface area contributed by atoms with Gasteiger partial charge in [0, 0.05) is 6.26 Å². The molecular formula is C18H18N2O6S. The number of amides is 2. The maximum atomic E-state index is 11.6. The van der Waals surface area contributed by atoms with Gasteiger partial charge >= 0.3 is 12.2 Å². The highest BCUT2D eigenvalue weighted by Crippen LogP contribution is 2.39. The molecule has 0 radical (unpaired) electrons. The van der Waals surface area contributed by atoms with Crippen LogP contribution in [0.25, 0.3) is 11.1 Å². The molecule has 0 saturated heterocycles. The van der Waals surface area contributed by atoms with E-state index in [9.17, 15) is 28.2 Å². The third-order valence-electron chi connectivity index (χ3n) is 4.47. The predicted molar refractivity (Wildman–Crippen MR) is 100 cm³/mol. The molecule has 2 aromatic carbocycles. The fourth-order valence-electron chi connectivity index (χ4n) is 3.17. The highest BCUT2D eigenvalue weighted by Gasteiger charge is 2.35. The van der Waals surface area contributed by atoms with Crippen LogP contribution in [-0.4, -0.2) is 49.7 Å². The van der Waals surface area contributed by atoms with Crippen LogP contribution in [-0.2, 0) is 9.84 Å². The van der Waals surface area contributed by atoms with Crippen LogP contribution in [0.5, 0.6) is 0 Å². The minimum atomic E-state index is -3.32. The summed E-state index contributed by atoms with van der Waals surface area (Å²) in [5.74, 6) is 0. The highest BCUT2D eigenvalue weighted by molar-refractivity contribution is 7.90. The van der Waals surface area contributed by atoms with E-state index in [1.165, 1.54) is 12.1 Å². The zero-order valence-corrected chi connectivity index (χ0v) is 15.5. The van der Waals surface area contributed by atoms with E-state index in [1.54, 1.807) is 37.3 Å². The van der Waals surface area contributed by atoms with E-state index < -0.39 is 28.1 Å². The number of benzene rings is 2. The monoisotopic (exact) mass is 390 g/mol. The van der Waals surface area contributed by atoms with Gasteiger partial charge in [0.25, 0.3) is 0 Å². The van der Waals surface area contributed by atoms with Crippen molar-refractivity contribution in [3.8, 4) is 11.1 Å². The van der Waals surface area contributed by atoms with Crippen molar-refractivity contribution in [1.29, 1.82) is 0 Å². The van der Waals surface area contributed by atoms with E-state index in [4.69, 9.17) is 0 Å². The molecule has 2 aromatic rings. The number of fused-ring (bicyclic) bond motifs is 1. The van der Waals surface area contributed by atoms with E-state index in [1.807, 2.05) is 0 Å². The van der Waals surface area contributed by atoms with Crippen molar-refractivity contribution in [2.75, 3.05) is 22.6 Å². The smallest absolute Gasteiger partial charge is 0.412 e. The molecule has 0 unspecified atom stereocenters. The van der Waals surface area contributed by atoms with Crippen molar-refractivity contribution in [2.45, 2.75) is 17.9 Å². The second-order valence-electron chi connectivity index (χ2n) is 6.39. The standard InChI is InChI=1S/C18H18N2O6S/c1-11-10-19(17(21)22)16-9-13(5-8-15(16)20(11)18(23)24)12-3-6-14(7-4-12)27(2,25)26/h3-9,11H,10H2,1-2H3,(H,21,22)(H,23,24)/t11-/m0/s1. The molecule has 0 saturated carbocycles. The van der Waals surface area contributed by atoms with Gasteiger partial charge in [-0.1, -0.05) is 18.2 Å². The number of rotatable bonds is 2. The molecule has 27 heavy (non-hydrogen) atoms. The summed E-state index contributed by atoms with van der Waals surface area (Å²) >= 11 is 0. The Morgan fingerprint density at radius 2 is 1.56 bits per heavy atom. The summed E-state index contributed by atoms with van der Waals surface area (Å²) in [6.45, 7) is 1.66. The maximum Gasteiger partial charge on any atom is 0.412 e. The molecule has 0 bridgehead atoms. The summed E-state index contributed by atoms with van der Waals surface area (Å²) in [7, 11) is -3.32. The first kappa shape index (κ1) is 18.7. The molecular weight excluding hydrogens is 372 g/mol. The summed E-state index contributed by atoms with van der Waals surface area (Å²) in [5, 5.41) is 19.0.